The first-order chi connectivity index (χ1) is 9.27. The number of sulfonamides is 1. The van der Waals surface area contributed by atoms with Gasteiger partial charge < -0.3 is 11.1 Å². The summed E-state index contributed by atoms with van der Waals surface area (Å²) in [5, 5.41) is 3.07. The molecule has 0 amide bonds. The number of nitrogens with one attached hydrogen (secondary N) is 1. The molecule has 0 bridgehead atoms. The van der Waals surface area contributed by atoms with Crippen LogP contribution >= 0.6 is 15.9 Å². The normalized spacial score (nSPS) is 18.1. The zero-order chi connectivity index (χ0) is 14.9. The molecule has 0 unspecified atom stereocenters. The van der Waals surface area contributed by atoms with E-state index in [9.17, 15) is 12.8 Å². The standard InChI is InChI=1S/C12H17BrFN3O2S/c1-20(18,19)17-4-2-9(3-5-17)16-12-10(14)6-8(13)7-11(12)15/h6-7,9,16H,2-5,15H2,1H3. The average Bonchev–Trinajstić information content (AvgIpc) is 2.33. The number of piperidine rings is 1. The van der Waals surface area contributed by atoms with Crippen LogP contribution in [0.3, 0.4) is 0 Å². The average molecular weight is 366 g/mol. The molecule has 2 rings (SSSR count). The number of rotatable bonds is 3. The Labute approximate surface area is 126 Å². The Morgan fingerprint density at radius 1 is 1.40 bits per heavy atom. The van der Waals surface area contributed by atoms with Gasteiger partial charge in [0.05, 0.1) is 17.6 Å². The molecule has 0 aromatic heterocycles. The van der Waals surface area contributed by atoms with Crippen LogP contribution in [0.4, 0.5) is 15.8 Å². The highest BCUT2D eigenvalue weighted by molar-refractivity contribution is 9.10. The lowest BCUT2D eigenvalue weighted by Crippen LogP contribution is -2.42. The van der Waals surface area contributed by atoms with Gasteiger partial charge in [0.1, 0.15) is 5.82 Å². The third-order valence-electron chi connectivity index (χ3n) is 3.36. The largest absolute Gasteiger partial charge is 0.397 e. The number of benzene rings is 1. The van der Waals surface area contributed by atoms with Crippen LogP contribution in [0.5, 0.6) is 0 Å². The number of nitrogen functional groups attached to an aromatic ring is 1. The van der Waals surface area contributed by atoms with Gasteiger partial charge in [-0.3, -0.25) is 0 Å². The van der Waals surface area contributed by atoms with E-state index in [2.05, 4.69) is 21.2 Å². The molecular formula is C12H17BrFN3O2S. The first-order valence-corrected chi connectivity index (χ1v) is 8.87. The van der Waals surface area contributed by atoms with Crippen LogP contribution in [0.1, 0.15) is 12.8 Å². The van der Waals surface area contributed by atoms with Gasteiger partial charge in [-0.05, 0) is 25.0 Å². The number of hydrogen-bond acceptors (Lipinski definition) is 4. The number of halogens is 2. The molecule has 5 nitrogen and oxygen atoms in total. The molecule has 0 radical (unpaired) electrons. The van der Waals surface area contributed by atoms with Gasteiger partial charge in [-0.2, -0.15) is 0 Å². The smallest absolute Gasteiger partial charge is 0.211 e. The highest BCUT2D eigenvalue weighted by Gasteiger charge is 2.25. The Bertz CT molecular complexity index is 578. The fourth-order valence-electron chi connectivity index (χ4n) is 2.28. The number of nitrogens with zero attached hydrogens (tertiary/aromatic N) is 1. The first-order valence-electron chi connectivity index (χ1n) is 6.23. The molecule has 3 N–H and O–H groups in total. The molecule has 112 valence electrons. The minimum absolute atomic E-state index is 0.0194. The van der Waals surface area contributed by atoms with E-state index in [1.807, 2.05) is 0 Å². The van der Waals surface area contributed by atoms with E-state index < -0.39 is 15.8 Å². The zero-order valence-corrected chi connectivity index (χ0v) is 13.5. The van der Waals surface area contributed by atoms with E-state index in [1.54, 1.807) is 6.07 Å². The van der Waals surface area contributed by atoms with Crippen molar-refractivity contribution in [2.75, 3.05) is 30.4 Å². The highest BCUT2D eigenvalue weighted by atomic mass is 79.9. The van der Waals surface area contributed by atoms with Gasteiger partial charge in [0.15, 0.2) is 0 Å². The molecule has 1 aromatic rings. The summed E-state index contributed by atoms with van der Waals surface area (Å²) in [7, 11) is -3.14. The zero-order valence-electron chi connectivity index (χ0n) is 11.1. The maximum absolute atomic E-state index is 13.9. The van der Waals surface area contributed by atoms with Crippen LogP contribution in [-0.2, 0) is 10.0 Å². The van der Waals surface area contributed by atoms with Crippen molar-refractivity contribution in [2.24, 2.45) is 0 Å². The Kier molecular flexibility index (Phi) is 4.55. The lowest BCUT2D eigenvalue weighted by Gasteiger charge is -2.31. The second kappa shape index (κ2) is 5.87. The number of anilines is 2. The van der Waals surface area contributed by atoms with Crippen LogP contribution in [0.15, 0.2) is 16.6 Å². The van der Waals surface area contributed by atoms with Gasteiger partial charge in [0.25, 0.3) is 0 Å². The maximum Gasteiger partial charge on any atom is 0.211 e. The summed E-state index contributed by atoms with van der Waals surface area (Å²) < 4.78 is 38.7. The minimum Gasteiger partial charge on any atom is -0.397 e. The molecule has 1 aliphatic rings. The van der Waals surface area contributed by atoms with E-state index in [-0.39, 0.29) is 11.7 Å². The van der Waals surface area contributed by atoms with Crippen molar-refractivity contribution < 1.29 is 12.8 Å². The van der Waals surface area contributed by atoms with E-state index in [0.717, 1.165) is 0 Å². The molecular weight excluding hydrogens is 349 g/mol. The fourth-order valence-corrected chi connectivity index (χ4v) is 3.60. The summed E-state index contributed by atoms with van der Waals surface area (Å²) in [6.07, 6.45) is 2.46. The van der Waals surface area contributed by atoms with Crippen molar-refractivity contribution >= 4 is 37.3 Å². The summed E-state index contributed by atoms with van der Waals surface area (Å²) >= 11 is 3.18. The van der Waals surface area contributed by atoms with Crippen LogP contribution in [0, 0.1) is 5.82 Å². The molecule has 1 heterocycles. The van der Waals surface area contributed by atoms with Crippen molar-refractivity contribution in [3.63, 3.8) is 0 Å². The summed E-state index contributed by atoms with van der Waals surface area (Å²) in [5.41, 5.74) is 6.42. The fraction of sp³-hybridized carbons (Fsp3) is 0.500. The molecule has 1 saturated heterocycles. The Morgan fingerprint density at radius 3 is 2.50 bits per heavy atom. The highest BCUT2D eigenvalue weighted by Crippen LogP contribution is 2.29. The Balaban J connectivity index is 2.03. The molecule has 20 heavy (non-hydrogen) atoms. The van der Waals surface area contributed by atoms with Gasteiger partial charge >= 0.3 is 0 Å². The van der Waals surface area contributed by atoms with Crippen LogP contribution in [-0.4, -0.2) is 38.1 Å². The third-order valence-corrected chi connectivity index (χ3v) is 5.12. The monoisotopic (exact) mass is 365 g/mol. The van der Waals surface area contributed by atoms with E-state index in [0.29, 0.717) is 36.1 Å². The molecule has 1 fully saturated rings. The van der Waals surface area contributed by atoms with Crippen molar-refractivity contribution in [1.29, 1.82) is 0 Å². The van der Waals surface area contributed by atoms with Crippen molar-refractivity contribution in [3.8, 4) is 0 Å². The molecule has 0 aliphatic carbocycles. The third kappa shape index (κ3) is 3.62. The summed E-state index contributed by atoms with van der Waals surface area (Å²) in [5.74, 6) is -0.414. The van der Waals surface area contributed by atoms with Crippen LogP contribution < -0.4 is 11.1 Å². The van der Waals surface area contributed by atoms with Crippen molar-refractivity contribution in [2.45, 2.75) is 18.9 Å². The van der Waals surface area contributed by atoms with Crippen LogP contribution in [0.25, 0.3) is 0 Å². The lowest BCUT2D eigenvalue weighted by atomic mass is 10.1. The van der Waals surface area contributed by atoms with E-state index in [1.165, 1.54) is 16.6 Å². The Morgan fingerprint density at radius 2 is 2.00 bits per heavy atom. The predicted molar refractivity (Wildman–Crippen MR) is 81.6 cm³/mol. The van der Waals surface area contributed by atoms with Gasteiger partial charge in [-0.1, -0.05) is 15.9 Å². The second-order valence-electron chi connectivity index (χ2n) is 4.93. The first kappa shape index (κ1) is 15.5. The lowest BCUT2D eigenvalue weighted by molar-refractivity contribution is 0.331. The molecule has 1 aromatic carbocycles. The molecule has 1 aliphatic heterocycles. The maximum atomic E-state index is 13.9. The minimum atomic E-state index is -3.14. The second-order valence-corrected chi connectivity index (χ2v) is 7.83. The molecule has 0 atom stereocenters. The molecule has 0 saturated carbocycles. The Hall–Kier alpha value is -0.860. The summed E-state index contributed by atoms with van der Waals surface area (Å²) in [6, 6.07) is 3.01. The van der Waals surface area contributed by atoms with E-state index in [4.69, 9.17) is 5.73 Å². The number of hydrogen-bond donors (Lipinski definition) is 2. The van der Waals surface area contributed by atoms with Gasteiger partial charge in [0, 0.05) is 23.6 Å². The van der Waals surface area contributed by atoms with Gasteiger partial charge in [-0.15, -0.1) is 0 Å². The van der Waals surface area contributed by atoms with Crippen molar-refractivity contribution in [3.05, 3.63) is 22.4 Å². The summed E-state index contributed by atoms with van der Waals surface area (Å²) in [4.78, 5) is 0. The van der Waals surface area contributed by atoms with E-state index >= 15 is 0 Å². The van der Waals surface area contributed by atoms with Crippen LogP contribution in [0.2, 0.25) is 0 Å². The topological polar surface area (TPSA) is 75.4 Å². The SMILES string of the molecule is CS(=O)(=O)N1CCC(Nc2c(N)cc(Br)cc2F)CC1. The quantitative estimate of drug-likeness (QED) is 0.803. The molecule has 8 heteroatoms. The van der Waals surface area contributed by atoms with Crippen molar-refractivity contribution in [1.82, 2.24) is 4.31 Å². The summed E-state index contributed by atoms with van der Waals surface area (Å²) in [6.45, 7) is 0.878. The van der Waals surface area contributed by atoms with Gasteiger partial charge in [0.2, 0.25) is 10.0 Å². The van der Waals surface area contributed by atoms with Gasteiger partial charge in [-0.25, -0.2) is 17.1 Å². The molecule has 0 spiro atoms. The number of nitrogens with two attached hydrogens (primary N) is 1. The predicted octanol–water partition coefficient (Wildman–Crippen LogP) is 2.01.